The Labute approximate surface area is 88.0 Å². The number of hydrogen-bond donors (Lipinski definition) is 1. The minimum atomic E-state index is 0.650. The third-order valence-corrected chi connectivity index (χ3v) is 2.14. The Hall–Kier alpha value is -1.91. The van der Waals surface area contributed by atoms with E-state index in [1.54, 1.807) is 10.9 Å². The Kier molecular flexibility index (Phi) is 2.37. The van der Waals surface area contributed by atoms with Crippen LogP contribution in [0.3, 0.4) is 0 Å². The molecule has 0 saturated heterocycles. The van der Waals surface area contributed by atoms with Gasteiger partial charge in [0.15, 0.2) is 11.6 Å². The average molecular weight is 203 g/mol. The first-order valence-corrected chi connectivity index (χ1v) is 4.82. The van der Waals surface area contributed by atoms with Crippen molar-refractivity contribution < 1.29 is 0 Å². The fraction of sp³-hybridized carbons (Fsp3) is 0.300. The lowest BCUT2D eigenvalue weighted by molar-refractivity contribution is 0.751. The Bertz CT molecular complexity index is 457. The molecule has 5 nitrogen and oxygen atoms in total. The van der Waals surface area contributed by atoms with Gasteiger partial charge in [-0.3, -0.25) is 4.98 Å². The molecule has 78 valence electrons. The number of nitrogens with two attached hydrogens (primary N) is 1. The van der Waals surface area contributed by atoms with E-state index in [4.69, 9.17) is 5.73 Å². The largest absolute Gasteiger partial charge is 0.397 e. The van der Waals surface area contributed by atoms with Crippen LogP contribution < -0.4 is 5.73 Å². The van der Waals surface area contributed by atoms with E-state index in [1.165, 1.54) is 0 Å². The van der Waals surface area contributed by atoms with Crippen LogP contribution in [-0.4, -0.2) is 19.7 Å². The second-order valence-corrected chi connectivity index (χ2v) is 3.31. The highest BCUT2D eigenvalue weighted by Gasteiger charge is 2.08. The molecule has 0 atom stereocenters. The molecule has 5 heteroatoms. The lowest BCUT2D eigenvalue weighted by atomic mass is 10.3. The molecule has 0 fully saturated rings. The molecule has 2 N–H and O–H groups in total. The Morgan fingerprint density at radius 1 is 1.40 bits per heavy atom. The summed E-state index contributed by atoms with van der Waals surface area (Å²) in [5, 5.41) is 4.26. The molecule has 0 unspecified atom stereocenters. The molecular weight excluding hydrogens is 190 g/mol. The Balaban J connectivity index is 2.44. The summed E-state index contributed by atoms with van der Waals surface area (Å²) in [5.74, 6) is 1.60. The molecule has 0 amide bonds. The molecule has 0 aliphatic heterocycles. The summed E-state index contributed by atoms with van der Waals surface area (Å²) < 4.78 is 1.73. The smallest absolute Gasteiger partial charge is 0.176 e. The fourth-order valence-electron chi connectivity index (χ4n) is 1.35. The van der Waals surface area contributed by atoms with Crippen molar-refractivity contribution in [2.75, 3.05) is 5.73 Å². The summed E-state index contributed by atoms with van der Waals surface area (Å²) in [4.78, 5) is 8.59. The van der Waals surface area contributed by atoms with Crippen molar-refractivity contribution >= 4 is 5.69 Å². The molecule has 0 aliphatic carbocycles. The molecule has 0 bridgehead atoms. The van der Waals surface area contributed by atoms with Gasteiger partial charge in [-0.25, -0.2) is 9.67 Å². The van der Waals surface area contributed by atoms with E-state index in [0.29, 0.717) is 5.69 Å². The average Bonchev–Trinajstić information content (AvgIpc) is 2.61. The zero-order valence-corrected chi connectivity index (χ0v) is 8.81. The maximum atomic E-state index is 5.57. The molecule has 2 heterocycles. The van der Waals surface area contributed by atoms with Crippen LogP contribution >= 0.6 is 0 Å². The summed E-state index contributed by atoms with van der Waals surface area (Å²) in [5.41, 5.74) is 7.01. The van der Waals surface area contributed by atoms with Gasteiger partial charge in [0, 0.05) is 13.5 Å². The van der Waals surface area contributed by atoms with Crippen LogP contribution in [-0.2, 0) is 13.5 Å². The van der Waals surface area contributed by atoms with Crippen LogP contribution in [0.2, 0.25) is 0 Å². The molecule has 0 saturated carbocycles. The van der Waals surface area contributed by atoms with Crippen molar-refractivity contribution in [3.8, 4) is 11.5 Å². The van der Waals surface area contributed by atoms with Crippen LogP contribution in [0, 0.1) is 0 Å². The minimum Gasteiger partial charge on any atom is -0.397 e. The van der Waals surface area contributed by atoms with Gasteiger partial charge in [0.2, 0.25) is 0 Å². The number of aryl methyl sites for hydroxylation is 2. The topological polar surface area (TPSA) is 69.6 Å². The van der Waals surface area contributed by atoms with E-state index in [0.717, 1.165) is 23.8 Å². The second kappa shape index (κ2) is 3.68. The molecular formula is C10H13N5. The summed E-state index contributed by atoms with van der Waals surface area (Å²) in [6.07, 6.45) is 2.44. The first-order valence-electron chi connectivity index (χ1n) is 4.82. The molecule has 2 rings (SSSR count). The van der Waals surface area contributed by atoms with E-state index < -0.39 is 0 Å². The van der Waals surface area contributed by atoms with Gasteiger partial charge in [-0.15, -0.1) is 0 Å². The van der Waals surface area contributed by atoms with Gasteiger partial charge in [-0.1, -0.05) is 6.92 Å². The number of anilines is 1. The first-order chi connectivity index (χ1) is 7.20. The van der Waals surface area contributed by atoms with Crippen molar-refractivity contribution in [1.82, 2.24) is 19.7 Å². The van der Waals surface area contributed by atoms with Gasteiger partial charge in [-0.2, -0.15) is 5.10 Å². The second-order valence-electron chi connectivity index (χ2n) is 3.31. The number of aromatic nitrogens is 4. The van der Waals surface area contributed by atoms with E-state index >= 15 is 0 Å². The van der Waals surface area contributed by atoms with Crippen LogP contribution in [0.15, 0.2) is 18.3 Å². The first kappa shape index (κ1) is 9.64. The van der Waals surface area contributed by atoms with Crippen LogP contribution in [0.5, 0.6) is 0 Å². The van der Waals surface area contributed by atoms with Crippen LogP contribution in [0.25, 0.3) is 11.5 Å². The lowest BCUT2D eigenvalue weighted by Gasteiger charge is -1.98. The van der Waals surface area contributed by atoms with E-state index in [2.05, 4.69) is 15.1 Å². The quantitative estimate of drug-likeness (QED) is 0.791. The molecule has 2 aromatic rings. The normalized spacial score (nSPS) is 10.5. The highest BCUT2D eigenvalue weighted by Crippen LogP contribution is 2.14. The predicted molar refractivity (Wildman–Crippen MR) is 58.0 cm³/mol. The van der Waals surface area contributed by atoms with Crippen molar-refractivity contribution in [2.45, 2.75) is 13.3 Å². The summed E-state index contributed by atoms with van der Waals surface area (Å²) >= 11 is 0. The highest BCUT2D eigenvalue weighted by atomic mass is 15.3. The van der Waals surface area contributed by atoms with Gasteiger partial charge in [0.25, 0.3) is 0 Å². The molecule has 0 aliphatic rings. The Morgan fingerprint density at radius 2 is 2.20 bits per heavy atom. The van der Waals surface area contributed by atoms with Gasteiger partial charge in [0.1, 0.15) is 5.69 Å². The third kappa shape index (κ3) is 1.81. The fourth-order valence-corrected chi connectivity index (χ4v) is 1.35. The Morgan fingerprint density at radius 3 is 2.73 bits per heavy atom. The van der Waals surface area contributed by atoms with Crippen molar-refractivity contribution in [1.29, 1.82) is 0 Å². The molecule has 15 heavy (non-hydrogen) atoms. The minimum absolute atomic E-state index is 0.650. The number of pyridine rings is 1. The van der Waals surface area contributed by atoms with Gasteiger partial charge >= 0.3 is 0 Å². The number of nitrogens with zero attached hydrogens (tertiary/aromatic N) is 4. The number of nitrogen functional groups attached to an aromatic ring is 1. The lowest BCUT2D eigenvalue weighted by Crippen LogP contribution is -1.96. The number of rotatable bonds is 2. The summed E-state index contributed by atoms with van der Waals surface area (Å²) in [6, 6.07) is 3.65. The molecule has 2 aromatic heterocycles. The van der Waals surface area contributed by atoms with Gasteiger partial charge in [-0.05, 0) is 12.1 Å². The zero-order chi connectivity index (χ0) is 10.8. The van der Waals surface area contributed by atoms with E-state index in [9.17, 15) is 0 Å². The summed E-state index contributed by atoms with van der Waals surface area (Å²) in [7, 11) is 1.86. The highest BCUT2D eigenvalue weighted by molar-refractivity contribution is 5.52. The maximum Gasteiger partial charge on any atom is 0.176 e. The van der Waals surface area contributed by atoms with Crippen LogP contribution in [0.1, 0.15) is 12.7 Å². The zero-order valence-electron chi connectivity index (χ0n) is 8.81. The maximum absolute atomic E-state index is 5.57. The number of hydrogen-bond acceptors (Lipinski definition) is 4. The monoisotopic (exact) mass is 203 g/mol. The van der Waals surface area contributed by atoms with E-state index in [-0.39, 0.29) is 0 Å². The van der Waals surface area contributed by atoms with Crippen LogP contribution in [0.4, 0.5) is 5.69 Å². The third-order valence-electron chi connectivity index (χ3n) is 2.14. The van der Waals surface area contributed by atoms with Crippen molar-refractivity contribution in [2.24, 2.45) is 7.05 Å². The molecule has 0 aromatic carbocycles. The van der Waals surface area contributed by atoms with Crippen molar-refractivity contribution in [3.05, 3.63) is 24.2 Å². The van der Waals surface area contributed by atoms with E-state index in [1.807, 2.05) is 26.1 Å². The van der Waals surface area contributed by atoms with Gasteiger partial charge < -0.3 is 5.73 Å². The predicted octanol–water partition coefficient (Wildman–Crippen LogP) is 1.02. The SMILES string of the molecule is CCc1nc(-c2ccc(N)cn2)n(C)n1. The molecule has 0 radical (unpaired) electrons. The van der Waals surface area contributed by atoms with Gasteiger partial charge in [0.05, 0.1) is 11.9 Å². The summed E-state index contributed by atoms with van der Waals surface area (Å²) in [6.45, 7) is 2.02. The standard InChI is InChI=1S/C10H13N5/c1-3-9-13-10(15(2)14-9)8-5-4-7(11)6-12-8/h4-6H,3,11H2,1-2H3. The molecule has 0 spiro atoms. The van der Waals surface area contributed by atoms with Crippen molar-refractivity contribution in [3.63, 3.8) is 0 Å².